The normalized spacial score (nSPS) is 26.8. The number of benzene rings is 1. The van der Waals surface area contributed by atoms with Crippen molar-refractivity contribution in [3.05, 3.63) is 35.1 Å². The van der Waals surface area contributed by atoms with Gasteiger partial charge in [-0.1, -0.05) is 12.1 Å². The highest BCUT2D eigenvalue weighted by Gasteiger charge is 2.35. The molecule has 1 heterocycles. The first-order chi connectivity index (χ1) is 6.63. The second kappa shape index (κ2) is 3.55. The summed E-state index contributed by atoms with van der Waals surface area (Å²) >= 11 is 1.72. The van der Waals surface area contributed by atoms with E-state index in [-0.39, 0.29) is 5.82 Å². The van der Waals surface area contributed by atoms with Crippen LogP contribution in [-0.2, 0) is 5.60 Å². The zero-order valence-electron chi connectivity index (χ0n) is 8.09. The Kier molecular flexibility index (Phi) is 2.54. The highest BCUT2D eigenvalue weighted by Crippen LogP contribution is 2.38. The van der Waals surface area contributed by atoms with Gasteiger partial charge in [0.25, 0.3) is 0 Å². The molecule has 1 aliphatic rings. The Bertz CT molecular complexity index is 345. The van der Waals surface area contributed by atoms with E-state index in [2.05, 4.69) is 0 Å². The summed E-state index contributed by atoms with van der Waals surface area (Å²) in [4.78, 5) is 0. The summed E-state index contributed by atoms with van der Waals surface area (Å²) in [6.45, 7) is 1.73. The van der Waals surface area contributed by atoms with E-state index in [4.69, 9.17) is 0 Å². The second-order valence-corrected chi connectivity index (χ2v) is 4.85. The number of rotatable bonds is 1. The number of halogens is 1. The minimum atomic E-state index is -0.809. The molecule has 0 aliphatic carbocycles. The SMILES string of the molecule is Cc1c(F)cccc1C1(O)CCSC1. The minimum Gasteiger partial charge on any atom is -0.384 e. The Labute approximate surface area is 87.3 Å². The van der Waals surface area contributed by atoms with Crippen molar-refractivity contribution in [2.45, 2.75) is 18.9 Å². The Morgan fingerprint density at radius 3 is 2.93 bits per heavy atom. The molecule has 14 heavy (non-hydrogen) atoms. The summed E-state index contributed by atoms with van der Waals surface area (Å²) < 4.78 is 13.3. The lowest BCUT2D eigenvalue weighted by Crippen LogP contribution is -2.26. The van der Waals surface area contributed by atoms with Gasteiger partial charge in [-0.3, -0.25) is 0 Å². The molecule has 0 spiro atoms. The molecule has 1 fully saturated rings. The molecule has 0 radical (unpaired) electrons. The second-order valence-electron chi connectivity index (χ2n) is 3.75. The lowest BCUT2D eigenvalue weighted by atomic mass is 9.90. The molecular weight excluding hydrogens is 199 g/mol. The Hall–Kier alpha value is -0.540. The van der Waals surface area contributed by atoms with Crippen LogP contribution >= 0.6 is 11.8 Å². The van der Waals surface area contributed by atoms with Gasteiger partial charge in [-0.05, 0) is 36.3 Å². The molecule has 0 aromatic heterocycles. The van der Waals surface area contributed by atoms with Crippen LogP contribution in [0.3, 0.4) is 0 Å². The van der Waals surface area contributed by atoms with Crippen LogP contribution in [-0.4, -0.2) is 16.6 Å². The van der Waals surface area contributed by atoms with Crippen molar-refractivity contribution in [1.82, 2.24) is 0 Å². The number of thioether (sulfide) groups is 1. The molecule has 1 aliphatic heterocycles. The van der Waals surface area contributed by atoms with E-state index >= 15 is 0 Å². The molecule has 1 unspecified atom stereocenters. The van der Waals surface area contributed by atoms with Crippen LogP contribution in [0.4, 0.5) is 4.39 Å². The van der Waals surface area contributed by atoms with Gasteiger partial charge in [0.05, 0.1) is 5.60 Å². The van der Waals surface area contributed by atoms with Gasteiger partial charge in [0.2, 0.25) is 0 Å². The standard InChI is InChI=1S/C11H13FOS/c1-8-9(3-2-4-10(8)12)11(13)5-6-14-7-11/h2-4,13H,5-7H2,1H3. The van der Waals surface area contributed by atoms with Crippen molar-refractivity contribution >= 4 is 11.8 Å². The Balaban J connectivity index is 2.45. The molecule has 1 aromatic rings. The van der Waals surface area contributed by atoms with Crippen molar-refractivity contribution in [3.63, 3.8) is 0 Å². The average molecular weight is 212 g/mol. The van der Waals surface area contributed by atoms with Crippen LogP contribution in [0.15, 0.2) is 18.2 Å². The third-order valence-electron chi connectivity index (χ3n) is 2.77. The smallest absolute Gasteiger partial charge is 0.126 e. The summed E-state index contributed by atoms with van der Waals surface area (Å²) in [5, 5.41) is 10.3. The molecule has 0 saturated carbocycles. The van der Waals surface area contributed by atoms with Crippen LogP contribution in [0.1, 0.15) is 17.5 Å². The number of aliphatic hydroxyl groups is 1. The van der Waals surface area contributed by atoms with Gasteiger partial charge in [0, 0.05) is 5.75 Å². The summed E-state index contributed by atoms with van der Waals surface area (Å²) in [7, 11) is 0. The quantitative estimate of drug-likeness (QED) is 0.771. The first-order valence-corrected chi connectivity index (χ1v) is 5.85. The summed E-state index contributed by atoms with van der Waals surface area (Å²) in [5.74, 6) is 1.40. The molecule has 76 valence electrons. The number of hydrogen-bond acceptors (Lipinski definition) is 2. The first-order valence-electron chi connectivity index (χ1n) is 4.69. The average Bonchev–Trinajstić information content (AvgIpc) is 2.58. The van der Waals surface area contributed by atoms with Gasteiger partial charge in [-0.25, -0.2) is 4.39 Å². The van der Waals surface area contributed by atoms with E-state index in [0.717, 1.165) is 17.7 Å². The highest BCUT2D eigenvalue weighted by molar-refractivity contribution is 7.99. The van der Waals surface area contributed by atoms with Crippen molar-refractivity contribution in [3.8, 4) is 0 Å². The molecule has 1 saturated heterocycles. The van der Waals surface area contributed by atoms with Crippen LogP contribution in [0, 0.1) is 12.7 Å². The van der Waals surface area contributed by atoms with Crippen molar-refractivity contribution in [2.24, 2.45) is 0 Å². The molecule has 1 aromatic carbocycles. The van der Waals surface area contributed by atoms with Crippen molar-refractivity contribution < 1.29 is 9.50 Å². The third-order valence-corrected chi connectivity index (χ3v) is 3.94. The first kappa shape index (κ1) is 9.99. The fourth-order valence-corrected chi connectivity index (χ4v) is 3.14. The van der Waals surface area contributed by atoms with Gasteiger partial charge in [0.1, 0.15) is 5.82 Å². The zero-order valence-corrected chi connectivity index (χ0v) is 8.90. The van der Waals surface area contributed by atoms with E-state index < -0.39 is 5.60 Å². The van der Waals surface area contributed by atoms with Crippen LogP contribution < -0.4 is 0 Å². The maximum atomic E-state index is 13.3. The van der Waals surface area contributed by atoms with Gasteiger partial charge in [0.15, 0.2) is 0 Å². The van der Waals surface area contributed by atoms with Crippen LogP contribution in [0.5, 0.6) is 0 Å². The van der Waals surface area contributed by atoms with E-state index in [1.807, 2.05) is 6.07 Å². The summed E-state index contributed by atoms with van der Waals surface area (Å²) in [5.41, 5.74) is 0.525. The van der Waals surface area contributed by atoms with Gasteiger partial charge < -0.3 is 5.11 Å². The molecule has 0 amide bonds. The zero-order chi connectivity index (χ0) is 10.2. The molecular formula is C11H13FOS. The topological polar surface area (TPSA) is 20.2 Å². The van der Waals surface area contributed by atoms with Crippen LogP contribution in [0.2, 0.25) is 0 Å². The lowest BCUT2D eigenvalue weighted by molar-refractivity contribution is 0.0647. The summed E-state index contributed by atoms with van der Waals surface area (Å²) in [6, 6.07) is 4.92. The van der Waals surface area contributed by atoms with E-state index in [9.17, 15) is 9.50 Å². The molecule has 1 N–H and O–H groups in total. The fraction of sp³-hybridized carbons (Fsp3) is 0.455. The summed E-state index contributed by atoms with van der Waals surface area (Å²) in [6.07, 6.45) is 0.724. The van der Waals surface area contributed by atoms with Gasteiger partial charge in [-0.15, -0.1) is 0 Å². The van der Waals surface area contributed by atoms with Crippen LogP contribution in [0.25, 0.3) is 0 Å². The minimum absolute atomic E-state index is 0.229. The lowest BCUT2D eigenvalue weighted by Gasteiger charge is -2.23. The Morgan fingerprint density at radius 1 is 1.50 bits per heavy atom. The number of hydrogen-bond donors (Lipinski definition) is 1. The maximum absolute atomic E-state index is 13.3. The third kappa shape index (κ3) is 1.55. The highest BCUT2D eigenvalue weighted by atomic mass is 32.2. The molecule has 3 heteroatoms. The Morgan fingerprint density at radius 2 is 2.29 bits per heavy atom. The largest absolute Gasteiger partial charge is 0.384 e. The van der Waals surface area contributed by atoms with Gasteiger partial charge in [-0.2, -0.15) is 11.8 Å². The van der Waals surface area contributed by atoms with E-state index in [1.165, 1.54) is 6.07 Å². The predicted octanol–water partition coefficient (Wildman–Crippen LogP) is 2.46. The molecule has 2 rings (SSSR count). The van der Waals surface area contributed by atoms with Crippen molar-refractivity contribution in [1.29, 1.82) is 0 Å². The molecule has 1 nitrogen and oxygen atoms in total. The maximum Gasteiger partial charge on any atom is 0.126 e. The van der Waals surface area contributed by atoms with E-state index in [1.54, 1.807) is 24.8 Å². The predicted molar refractivity (Wildman–Crippen MR) is 57.0 cm³/mol. The van der Waals surface area contributed by atoms with Gasteiger partial charge >= 0.3 is 0 Å². The van der Waals surface area contributed by atoms with Crippen molar-refractivity contribution in [2.75, 3.05) is 11.5 Å². The molecule has 1 atom stereocenters. The van der Waals surface area contributed by atoms with E-state index in [0.29, 0.717) is 11.3 Å². The monoisotopic (exact) mass is 212 g/mol. The fourth-order valence-electron chi connectivity index (χ4n) is 1.88. The molecule has 0 bridgehead atoms.